The number of aromatic nitrogens is 1. The molecule has 2 rings (SSSR count). The molecule has 1 aromatic heterocycles. The van der Waals surface area contributed by atoms with E-state index >= 15 is 0 Å². The zero-order valence-corrected chi connectivity index (χ0v) is 9.71. The SMILES string of the molecule is C=CCc1ccnc(N)c1N.c1ccccc1. The Hall–Kier alpha value is -2.29. The minimum absolute atomic E-state index is 0.393. The lowest BCUT2D eigenvalue weighted by Gasteiger charge is -2.03. The van der Waals surface area contributed by atoms with Crippen molar-refractivity contribution < 1.29 is 0 Å². The predicted octanol–water partition coefficient (Wildman–Crippen LogP) is 2.66. The van der Waals surface area contributed by atoms with Gasteiger partial charge in [0.15, 0.2) is 0 Å². The minimum Gasteiger partial charge on any atom is -0.396 e. The zero-order chi connectivity index (χ0) is 12.5. The average Bonchev–Trinajstić information content (AvgIpc) is 2.38. The Labute approximate surface area is 102 Å². The Balaban J connectivity index is 0.000000202. The van der Waals surface area contributed by atoms with Crippen LogP contribution in [0, 0.1) is 0 Å². The summed E-state index contributed by atoms with van der Waals surface area (Å²) in [7, 11) is 0. The summed E-state index contributed by atoms with van der Waals surface area (Å²) in [6, 6.07) is 13.8. The van der Waals surface area contributed by atoms with E-state index in [9.17, 15) is 0 Å². The van der Waals surface area contributed by atoms with Crippen molar-refractivity contribution in [2.75, 3.05) is 11.5 Å². The fourth-order valence-electron chi connectivity index (χ4n) is 1.25. The molecule has 0 bridgehead atoms. The van der Waals surface area contributed by atoms with Crippen molar-refractivity contribution in [2.45, 2.75) is 6.42 Å². The molecule has 4 N–H and O–H groups in total. The highest BCUT2D eigenvalue weighted by Crippen LogP contribution is 2.16. The summed E-state index contributed by atoms with van der Waals surface area (Å²) in [5, 5.41) is 0. The maximum Gasteiger partial charge on any atom is 0.146 e. The van der Waals surface area contributed by atoms with E-state index in [1.54, 1.807) is 12.3 Å². The van der Waals surface area contributed by atoms with Gasteiger partial charge in [0.05, 0.1) is 5.69 Å². The third-order valence-corrected chi connectivity index (χ3v) is 2.14. The largest absolute Gasteiger partial charge is 0.396 e. The van der Waals surface area contributed by atoms with Gasteiger partial charge >= 0.3 is 0 Å². The Morgan fingerprint density at radius 2 is 1.59 bits per heavy atom. The van der Waals surface area contributed by atoms with E-state index in [0.717, 1.165) is 12.0 Å². The molecule has 0 aliphatic heterocycles. The maximum absolute atomic E-state index is 5.63. The van der Waals surface area contributed by atoms with Gasteiger partial charge < -0.3 is 11.5 Å². The average molecular weight is 227 g/mol. The quantitative estimate of drug-likeness (QED) is 0.775. The van der Waals surface area contributed by atoms with Crippen molar-refractivity contribution in [3.63, 3.8) is 0 Å². The molecule has 0 radical (unpaired) electrons. The van der Waals surface area contributed by atoms with Gasteiger partial charge in [-0.25, -0.2) is 4.98 Å². The number of hydrogen-bond acceptors (Lipinski definition) is 3. The Kier molecular flexibility index (Phi) is 5.31. The fraction of sp³-hybridized carbons (Fsp3) is 0.0714. The maximum atomic E-state index is 5.63. The van der Waals surface area contributed by atoms with Gasteiger partial charge in [0.2, 0.25) is 0 Å². The molecule has 0 aliphatic carbocycles. The molecule has 0 unspecified atom stereocenters. The number of hydrogen-bond donors (Lipinski definition) is 2. The fourth-order valence-corrected chi connectivity index (χ4v) is 1.25. The third kappa shape index (κ3) is 4.38. The lowest BCUT2D eigenvalue weighted by Crippen LogP contribution is -2.01. The van der Waals surface area contributed by atoms with Crippen LogP contribution in [0.4, 0.5) is 11.5 Å². The van der Waals surface area contributed by atoms with E-state index in [0.29, 0.717) is 11.5 Å². The van der Waals surface area contributed by atoms with Gasteiger partial charge in [-0.15, -0.1) is 6.58 Å². The summed E-state index contributed by atoms with van der Waals surface area (Å²) in [6.07, 6.45) is 4.16. The lowest BCUT2D eigenvalue weighted by molar-refractivity contribution is 1.23. The number of nitrogens with two attached hydrogens (primary N) is 2. The molecule has 0 saturated heterocycles. The smallest absolute Gasteiger partial charge is 0.146 e. The number of rotatable bonds is 2. The van der Waals surface area contributed by atoms with Crippen LogP contribution in [0.3, 0.4) is 0 Å². The first-order valence-corrected chi connectivity index (χ1v) is 5.35. The molecule has 1 heterocycles. The zero-order valence-electron chi connectivity index (χ0n) is 9.71. The molecule has 0 aliphatic rings. The van der Waals surface area contributed by atoms with Gasteiger partial charge in [0.25, 0.3) is 0 Å². The second-order valence-electron chi connectivity index (χ2n) is 3.42. The van der Waals surface area contributed by atoms with Gasteiger partial charge in [-0.05, 0) is 18.1 Å². The van der Waals surface area contributed by atoms with Crippen molar-refractivity contribution >= 4 is 11.5 Å². The van der Waals surface area contributed by atoms with E-state index in [1.807, 2.05) is 42.5 Å². The monoisotopic (exact) mass is 227 g/mol. The van der Waals surface area contributed by atoms with Gasteiger partial charge in [-0.1, -0.05) is 42.5 Å². The normalized spacial score (nSPS) is 8.94. The van der Waals surface area contributed by atoms with Crippen LogP contribution in [0.5, 0.6) is 0 Å². The predicted molar refractivity (Wildman–Crippen MR) is 73.4 cm³/mol. The standard InChI is InChI=1S/C8H11N3.C6H6/c1-2-3-6-4-5-11-8(10)7(6)9;1-2-4-6-5-3-1/h2,4-5H,1,3,9H2,(H2,10,11);1-6H. The molecule has 0 fully saturated rings. The first-order valence-electron chi connectivity index (χ1n) is 5.35. The summed E-state index contributed by atoms with van der Waals surface area (Å²) in [6.45, 7) is 3.61. The lowest BCUT2D eigenvalue weighted by atomic mass is 10.1. The highest BCUT2D eigenvalue weighted by molar-refractivity contribution is 5.62. The number of benzene rings is 1. The van der Waals surface area contributed by atoms with Crippen LogP contribution in [0.15, 0.2) is 61.3 Å². The molecule has 3 nitrogen and oxygen atoms in total. The van der Waals surface area contributed by atoms with Gasteiger partial charge in [0, 0.05) is 6.20 Å². The molecule has 3 heteroatoms. The number of pyridine rings is 1. The van der Waals surface area contributed by atoms with E-state index in [2.05, 4.69) is 11.6 Å². The molecule has 0 spiro atoms. The first kappa shape index (κ1) is 12.8. The van der Waals surface area contributed by atoms with Crippen LogP contribution in [0.25, 0.3) is 0 Å². The van der Waals surface area contributed by atoms with Crippen molar-refractivity contribution in [3.8, 4) is 0 Å². The van der Waals surface area contributed by atoms with Crippen LogP contribution >= 0.6 is 0 Å². The Morgan fingerprint density at radius 1 is 1.06 bits per heavy atom. The van der Waals surface area contributed by atoms with E-state index < -0.39 is 0 Å². The molecular weight excluding hydrogens is 210 g/mol. The van der Waals surface area contributed by atoms with Gasteiger partial charge in [-0.3, -0.25) is 0 Å². The van der Waals surface area contributed by atoms with Crippen LogP contribution in [-0.2, 0) is 6.42 Å². The Morgan fingerprint density at radius 3 is 2.06 bits per heavy atom. The van der Waals surface area contributed by atoms with Crippen molar-refractivity contribution in [2.24, 2.45) is 0 Å². The number of allylic oxidation sites excluding steroid dienone is 1. The van der Waals surface area contributed by atoms with Crippen molar-refractivity contribution in [3.05, 3.63) is 66.9 Å². The minimum atomic E-state index is 0.393. The van der Waals surface area contributed by atoms with Crippen molar-refractivity contribution in [1.82, 2.24) is 4.98 Å². The van der Waals surface area contributed by atoms with Gasteiger partial charge in [-0.2, -0.15) is 0 Å². The summed E-state index contributed by atoms with van der Waals surface area (Å²) >= 11 is 0. The first-order chi connectivity index (χ1) is 8.25. The second kappa shape index (κ2) is 7.06. The highest BCUT2D eigenvalue weighted by atomic mass is 14.9. The molecular formula is C14H17N3. The number of anilines is 2. The van der Waals surface area contributed by atoms with Gasteiger partial charge in [0.1, 0.15) is 5.82 Å². The highest BCUT2D eigenvalue weighted by Gasteiger charge is 1.99. The van der Waals surface area contributed by atoms with E-state index in [-0.39, 0.29) is 0 Å². The van der Waals surface area contributed by atoms with Crippen LogP contribution in [-0.4, -0.2) is 4.98 Å². The molecule has 2 aromatic rings. The van der Waals surface area contributed by atoms with E-state index in [1.165, 1.54) is 0 Å². The summed E-state index contributed by atoms with van der Waals surface area (Å²) < 4.78 is 0. The molecule has 0 amide bonds. The third-order valence-electron chi connectivity index (χ3n) is 2.14. The van der Waals surface area contributed by atoms with Crippen LogP contribution in [0.2, 0.25) is 0 Å². The summed E-state index contributed by atoms with van der Waals surface area (Å²) in [5.41, 5.74) is 12.7. The van der Waals surface area contributed by atoms with Crippen LogP contribution in [0.1, 0.15) is 5.56 Å². The molecule has 1 aromatic carbocycles. The summed E-state index contributed by atoms with van der Waals surface area (Å²) in [4.78, 5) is 3.84. The molecule has 0 saturated carbocycles. The number of nitrogens with zero attached hydrogens (tertiary/aromatic N) is 1. The second-order valence-corrected chi connectivity index (χ2v) is 3.42. The topological polar surface area (TPSA) is 64.9 Å². The number of nitrogen functional groups attached to an aromatic ring is 2. The van der Waals surface area contributed by atoms with Crippen LogP contribution < -0.4 is 11.5 Å². The Bertz CT molecular complexity index is 426. The molecule has 88 valence electrons. The molecule has 17 heavy (non-hydrogen) atoms. The van der Waals surface area contributed by atoms with Crippen molar-refractivity contribution in [1.29, 1.82) is 0 Å². The summed E-state index contributed by atoms with van der Waals surface area (Å²) in [5.74, 6) is 0.393. The van der Waals surface area contributed by atoms with E-state index in [4.69, 9.17) is 11.5 Å². The molecule has 0 atom stereocenters.